The lowest BCUT2D eigenvalue weighted by Gasteiger charge is -2.50. The summed E-state index contributed by atoms with van der Waals surface area (Å²) in [5.74, 6) is 2.35. The lowest BCUT2D eigenvalue weighted by Crippen LogP contribution is -2.52. The summed E-state index contributed by atoms with van der Waals surface area (Å²) in [4.78, 5) is 0. The van der Waals surface area contributed by atoms with Crippen LogP contribution < -0.4 is 4.74 Å². The molecule has 0 heterocycles. The first kappa shape index (κ1) is 35.3. The van der Waals surface area contributed by atoms with Gasteiger partial charge in [-0.15, -0.1) is 0 Å². The van der Waals surface area contributed by atoms with E-state index in [0.29, 0.717) is 22.9 Å². The Morgan fingerprint density at radius 1 is 0.640 bits per heavy atom. The van der Waals surface area contributed by atoms with E-state index in [1.54, 1.807) is 22.3 Å². The quantitative estimate of drug-likeness (QED) is 0.184. The molecule has 3 aliphatic carbocycles. The molecule has 2 unspecified atom stereocenters. The molecule has 0 saturated heterocycles. The average Bonchev–Trinajstić information content (AvgIpc) is 3.62. The minimum Gasteiger partial charge on any atom is -0.496 e. The van der Waals surface area contributed by atoms with E-state index in [0.717, 1.165) is 17.7 Å². The second-order valence-electron chi connectivity index (χ2n) is 18.7. The number of rotatable bonds is 6. The van der Waals surface area contributed by atoms with Gasteiger partial charge in [0.2, 0.25) is 0 Å². The van der Waals surface area contributed by atoms with Crippen molar-refractivity contribution in [2.75, 3.05) is 7.11 Å². The van der Waals surface area contributed by atoms with Crippen molar-refractivity contribution in [1.82, 2.24) is 0 Å². The molecule has 0 aromatic heterocycles. The zero-order valence-electron chi connectivity index (χ0n) is 32.8. The van der Waals surface area contributed by atoms with Gasteiger partial charge in [-0.1, -0.05) is 173 Å². The van der Waals surface area contributed by atoms with Gasteiger partial charge < -0.3 is 4.74 Å². The molecule has 1 fully saturated rings. The highest BCUT2D eigenvalue weighted by molar-refractivity contribution is 6.83. The van der Waals surface area contributed by atoms with Gasteiger partial charge in [0.1, 0.15) is 5.75 Å². The third-order valence-corrected chi connectivity index (χ3v) is 20.2. The maximum atomic E-state index is 6.43. The third kappa shape index (κ3) is 5.92. The number of benzene rings is 4. The van der Waals surface area contributed by atoms with Crippen molar-refractivity contribution in [1.29, 1.82) is 0 Å². The summed E-state index contributed by atoms with van der Waals surface area (Å²) in [5, 5.41) is 0. The molecule has 0 spiro atoms. The SMILES string of the molecule is COc1c(C(C)(C)C)cc2c(c1-c1ccccc1)C[C@H](C)C2[Si@@](C)(C1CCCCC1)C1c2cc(C(C)(C)C)cc(-c3ccccc3)c2C[C@@H]1C. The van der Waals surface area contributed by atoms with Crippen molar-refractivity contribution in [3.05, 3.63) is 112 Å². The largest absolute Gasteiger partial charge is 0.496 e. The summed E-state index contributed by atoms with van der Waals surface area (Å²) in [6, 6.07) is 30.4. The van der Waals surface area contributed by atoms with E-state index in [4.69, 9.17) is 4.74 Å². The van der Waals surface area contributed by atoms with Gasteiger partial charge in [0.25, 0.3) is 0 Å². The first-order chi connectivity index (χ1) is 23.7. The van der Waals surface area contributed by atoms with E-state index in [9.17, 15) is 0 Å². The van der Waals surface area contributed by atoms with Crippen LogP contribution >= 0.6 is 0 Å². The van der Waals surface area contributed by atoms with E-state index >= 15 is 0 Å². The van der Waals surface area contributed by atoms with Gasteiger partial charge in [0.15, 0.2) is 0 Å². The summed E-state index contributed by atoms with van der Waals surface area (Å²) in [6.07, 6.45) is 9.38. The van der Waals surface area contributed by atoms with Crippen molar-refractivity contribution in [3.8, 4) is 28.0 Å². The van der Waals surface area contributed by atoms with Crippen molar-refractivity contribution in [3.63, 3.8) is 0 Å². The summed E-state index contributed by atoms with van der Waals surface area (Å²) >= 11 is 0. The van der Waals surface area contributed by atoms with Crippen LogP contribution in [0.1, 0.15) is 132 Å². The van der Waals surface area contributed by atoms with Gasteiger partial charge in [0.05, 0.1) is 15.2 Å². The lowest BCUT2D eigenvalue weighted by molar-refractivity contribution is 0.398. The predicted molar refractivity (Wildman–Crippen MR) is 217 cm³/mol. The smallest absolute Gasteiger partial charge is 0.130 e. The molecule has 0 amide bonds. The molecule has 1 nitrogen and oxygen atoms in total. The highest BCUT2D eigenvalue weighted by Crippen LogP contribution is 2.62. The van der Waals surface area contributed by atoms with Crippen LogP contribution in [0.25, 0.3) is 22.3 Å². The standard InChI is InChI=1S/C48H62OSi/c1-31-26-38-37(33-20-14-11-15-21-33)28-35(47(3,4)5)29-40(38)45(31)50(10,36-24-18-13-19-25-36)46-32(2)27-39-41(46)30-42(48(6,7)8)44(49-9)43(39)34-22-16-12-17-23-34/h11-12,14-17,20-23,28-32,36,45-46H,13,18-19,24-27H2,1-10H3/t31-,32-,45?,46?,50-/m0/s1. The highest BCUT2D eigenvalue weighted by Gasteiger charge is 2.57. The molecule has 50 heavy (non-hydrogen) atoms. The van der Waals surface area contributed by atoms with Crippen LogP contribution in [0.4, 0.5) is 0 Å². The Bertz CT molecular complexity index is 1840. The van der Waals surface area contributed by atoms with E-state index in [1.807, 2.05) is 7.11 Å². The number of hydrogen-bond donors (Lipinski definition) is 0. The van der Waals surface area contributed by atoms with Crippen molar-refractivity contribution in [2.45, 2.75) is 134 Å². The molecule has 3 aliphatic rings. The van der Waals surface area contributed by atoms with Gasteiger partial charge in [-0.2, -0.15) is 0 Å². The number of methoxy groups -OCH3 is 1. The molecular formula is C48H62OSi. The zero-order chi connectivity index (χ0) is 35.6. The van der Waals surface area contributed by atoms with Crippen LogP contribution in [0.15, 0.2) is 78.9 Å². The Morgan fingerprint density at radius 2 is 1.18 bits per heavy atom. The lowest BCUT2D eigenvalue weighted by atomic mass is 9.81. The average molecular weight is 683 g/mol. The Kier molecular flexibility index (Phi) is 9.28. The molecule has 0 N–H and O–H groups in total. The van der Waals surface area contributed by atoms with Crippen LogP contribution in [0, 0.1) is 11.8 Å². The molecular weight excluding hydrogens is 621 g/mol. The molecule has 5 atom stereocenters. The van der Waals surface area contributed by atoms with Crippen molar-refractivity contribution in [2.24, 2.45) is 11.8 Å². The number of fused-ring (bicyclic) bond motifs is 2. The monoisotopic (exact) mass is 682 g/mol. The molecule has 7 rings (SSSR count). The summed E-state index contributed by atoms with van der Waals surface area (Å²) in [7, 11) is -0.194. The fourth-order valence-electron chi connectivity index (χ4n) is 11.2. The van der Waals surface area contributed by atoms with E-state index in [2.05, 4.69) is 141 Å². The molecule has 0 radical (unpaired) electrons. The first-order valence-electron chi connectivity index (χ1n) is 19.8. The van der Waals surface area contributed by atoms with Crippen molar-refractivity contribution < 1.29 is 4.74 Å². The van der Waals surface area contributed by atoms with Gasteiger partial charge >= 0.3 is 0 Å². The third-order valence-electron chi connectivity index (χ3n) is 13.4. The predicted octanol–water partition coefficient (Wildman–Crippen LogP) is 13.4. The molecule has 264 valence electrons. The van der Waals surface area contributed by atoms with Gasteiger partial charge in [-0.25, -0.2) is 0 Å². The van der Waals surface area contributed by atoms with Crippen LogP contribution in [-0.4, -0.2) is 15.2 Å². The van der Waals surface area contributed by atoms with Crippen LogP contribution in [0.3, 0.4) is 0 Å². The van der Waals surface area contributed by atoms with Gasteiger partial charge in [-0.3, -0.25) is 0 Å². The molecule has 2 heteroatoms. The van der Waals surface area contributed by atoms with E-state index in [-0.39, 0.29) is 10.8 Å². The van der Waals surface area contributed by atoms with E-state index < -0.39 is 8.07 Å². The second-order valence-corrected chi connectivity index (χ2v) is 23.5. The molecule has 4 aromatic rings. The topological polar surface area (TPSA) is 9.23 Å². The summed E-state index contributed by atoms with van der Waals surface area (Å²) in [6.45, 7) is 22.6. The second kappa shape index (κ2) is 13.1. The fraction of sp³-hybridized carbons (Fsp3) is 0.500. The van der Waals surface area contributed by atoms with Crippen molar-refractivity contribution >= 4 is 8.07 Å². The minimum absolute atomic E-state index is 0.0253. The summed E-state index contributed by atoms with van der Waals surface area (Å²) < 4.78 is 6.43. The van der Waals surface area contributed by atoms with Crippen LogP contribution in [0.5, 0.6) is 5.75 Å². The Labute approximate surface area is 305 Å². The zero-order valence-corrected chi connectivity index (χ0v) is 33.8. The van der Waals surface area contributed by atoms with Crippen LogP contribution in [-0.2, 0) is 23.7 Å². The minimum atomic E-state index is -2.09. The van der Waals surface area contributed by atoms with Gasteiger partial charge in [-0.05, 0) is 96.6 Å². The normalized spacial score (nSPS) is 23.7. The van der Waals surface area contributed by atoms with Crippen LogP contribution in [0.2, 0.25) is 12.1 Å². The first-order valence-corrected chi connectivity index (χ1v) is 22.5. The number of hydrogen-bond acceptors (Lipinski definition) is 1. The maximum absolute atomic E-state index is 6.43. The fourth-order valence-corrected chi connectivity index (χ4v) is 18.8. The molecule has 0 bridgehead atoms. The molecule has 4 aromatic carbocycles. The summed E-state index contributed by atoms with van der Waals surface area (Å²) in [5.41, 5.74) is 17.2. The Hall–Kier alpha value is -3.10. The number of ether oxygens (including phenoxy) is 1. The highest BCUT2D eigenvalue weighted by atomic mass is 28.3. The maximum Gasteiger partial charge on any atom is 0.130 e. The Balaban J connectivity index is 1.51. The van der Waals surface area contributed by atoms with Gasteiger partial charge in [0, 0.05) is 11.1 Å². The molecule has 0 aliphatic heterocycles. The molecule has 1 saturated carbocycles. The Morgan fingerprint density at radius 3 is 1.72 bits per heavy atom. The van der Waals surface area contributed by atoms with E-state index in [1.165, 1.54) is 71.9 Å².